The molecule has 2 aliphatic carbocycles. The Morgan fingerprint density at radius 2 is 1.50 bits per heavy atom. The average molecular weight is 265 g/mol. The molecular formula is C15H15N5. The Kier molecular flexibility index (Phi) is 3.68. The van der Waals surface area contributed by atoms with Gasteiger partial charge in [-0.3, -0.25) is 0 Å². The topological polar surface area (TPSA) is 46.8 Å². The molecule has 2 aliphatic rings. The fourth-order valence-electron chi connectivity index (χ4n) is 2.11. The van der Waals surface area contributed by atoms with Crippen LogP contribution in [-0.4, -0.2) is 20.3 Å². The summed E-state index contributed by atoms with van der Waals surface area (Å²) in [5.41, 5.74) is 2.20. The molecule has 1 heterocycles. The molecule has 20 heavy (non-hydrogen) atoms. The van der Waals surface area contributed by atoms with Crippen molar-refractivity contribution in [3.8, 4) is 0 Å². The lowest BCUT2D eigenvalue weighted by molar-refractivity contribution is 0.535. The van der Waals surface area contributed by atoms with Gasteiger partial charge in [0.05, 0.1) is 0 Å². The quantitative estimate of drug-likeness (QED) is 0.842. The van der Waals surface area contributed by atoms with Gasteiger partial charge in [0.25, 0.3) is 0 Å². The number of aromatic nitrogens is 4. The van der Waals surface area contributed by atoms with E-state index < -0.39 is 0 Å². The largest absolute Gasteiger partial charge is 0.223 e. The Balaban J connectivity index is 2.00. The Labute approximate surface area is 117 Å². The van der Waals surface area contributed by atoms with E-state index in [2.05, 4.69) is 39.7 Å². The van der Waals surface area contributed by atoms with Gasteiger partial charge in [-0.25, -0.2) is 5.01 Å². The zero-order valence-electron chi connectivity index (χ0n) is 11.0. The van der Waals surface area contributed by atoms with Crippen LogP contribution in [0.2, 0.25) is 0 Å². The van der Waals surface area contributed by atoms with Crippen LogP contribution in [0.15, 0.2) is 78.5 Å². The first-order valence-corrected chi connectivity index (χ1v) is 6.53. The molecule has 1 aromatic heterocycles. The minimum Gasteiger partial charge on any atom is -0.223 e. The van der Waals surface area contributed by atoms with Crippen LogP contribution in [0.3, 0.4) is 0 Å². The van der Waals surface area contributed by atoms with E-state index in [1.165, 1.54) is 11.2 Å². The van der Waals surface area contributed by atoms with E-state index in [-0.39, 0.29) is 0 Å². The van der Waals surface area contributed by atoms with Gasteiger partial charge >= 0.3 is 0 Å². The zero-order chi connectivity index (χ0) is 13.6. The third-order valence-corrected chi connectivity index (χ3v) is 3.01. The third kappa shape index (κ3) is 2.66. The van der Waals surface area contributed by atoms with Crippen molar-refractivity contribution in [3.63, 3.8) is 0 Å². The molecule has 1 aromatic rings. The van der Waals surface area contributed by atoms with Crippen molar-refractivity contribution in [2.45, 2.75) is 12.8 Å². The molecule has 3 rings (SSSR count). The molecule has 100 valence electrons. The fraction of sp³-hybridized carbons (Fsp3) is 0.133. The van der Waals surface area contributed by atoms with Gasteiger partial charge in [0.2, 0.25) is 0 Å². The molecule has 0 fully saturated rings. The van der Waals surface area contributed by atoms with Gasteiger partial charge < -0.3 is 0 Å². The SMILES string of the molecule is C1=CC=C(N(C2=CC=CC=CC2)n2ncnn2)CC=C1. The van der Waals surface area contributed by atoms with Crippen molar-refractivity contribution in [2.75, 3.05) is 5.01 Å². The Morgan fingerprint density at radius 1 is 0.850 bits per heavy atom. The molecule has 0 bridgehead atoms. The minimum atomic E-state index is 0.819. The van der Waals surface area contributed by atoms with E-state index in [0.29, 0.717) is 0 Å². The first-order chi connectivity index (χ1) is 9.95. The molecule has 0 saturated heterocycles. The average Bonchev–Trinajstić information content (AvgIpc) is 2.71. The molecule has 0 saturated carbocycles. The van der Waals surface area contributed by atoms with Gasteiger partial charge in [-0.15, -0.1) is 10.2 Å². The standard InChI is InChI=1S/C15H15N5/c1-2-6-10-14(9-5-1)19(20-17-13-16-18-20)15-11-7-3-4-8-12-15/h1-9,11,13H,10,12H2. The van der Waals surface area contributed by atoms with E-state index >= 15 is 0 Å². The minimum absolute atomic E-state index is 0.819. The molecule has 0 aliphatic heterocycles. The van der Waals surface area contributed by atoms with Crippen molar-refractivity contribution in [1.29, 1.82) is 0 Å². The second-order valence-electron chi connectivity index (χ2n) is 4.37. The number of hydrogen-bond donors (Lipinski definition) is 0. The Hall–Kier alpha value is -2.69. The number of allylic oxidation sites excluding steroid dienone is 10. The molecule has 0 radical (unpaired) electrons. The summed E-state index contributed by atoms with van der Waals surface area (Å²) in [4.78, 5) is 1.53. The highest BCUT2D eigenvalue weighted by Crippen LogP contribution is 2.20. The van der Waals surface area contributed by atoms with E-state index in [1.807, 2.05) is 41.5 Å². The smallest absolute Gasteiger partial charge is 0.164 e. The van der Waals surface area contributed by atoms with Crippen LogP contribution in [0.25, 0.3) is 0 Å². The fourth-order valence-corrected chi connectivity index (χ4v) is 2.11. The maximum Gasteiger partial charge on any atom is 0.164 e. The normalized spacial score (nSPS) is 17.4. The summed E-state index contributed by atoms with van der Waals surface area (Å²) >= 11 is 0. The molecule has 0 aromatic carbocycles. The van der Waals surface area contributed by atoms with Crippen molar-refractivity contribution in [3.05, 3.63) is 78.5 Å². The van der Waals surface area contributed by atoms with E-state index in [1.54, 1.807) is 0 Å². The summed E-state index contributed by atoms with van der Waals surface area (Å²) in [5.74, 6) is 0. The summed E-state index contributed by atoms with van der Waals surface area (Å²) < 4.78 is 0. The van der Waals surface area contributed by atoms with E-state index in [4.69, 9.17) is 0 Å². The van der Waals surface area contributed by atoms with E-state index in [9.17, 15) is 0 Å². The van der Waals surface area contributed by atoms with Crippen molar-refractivity contribution < 1.29 is 0 Å². The first kappa shape index (κ1) is 12.3. The molecular weight excluding hydrogens is 250 g/mol. The van der Waals surface area contributed by atoms with Gasteiger partial charge in [0, 0.05) is 24.2 Å². The number of hydrogen-bond acceptors (Lipinski definition) is 4. The molecule has 0 N–H and O–H groups in total. The first-order valence-electron chi connectivity index (χ1n) is 6.53. The molecule has 0 amide bonds. The van der Waals surface area contributed by atoms with Crippen molar-refractivity contribution >= 4 is 0 Å². The highest BCUT2D eigenvalue weighted by molar-refractivity contribution is 5.38. The monoisotopic (exact) mass is 265 g/mol. The molecule has 5 nitrogen and oxygen atoms in total. The predicted molar refractivity (Wildman–Crippen MR) is 78.0 cm³/mol. The van der Waals surface area contributed by atoms with Crippen LogP contribution >= 0.6 is 0 Å². The third-order valence-electron chi connectivity index (χ3n) is 3.01. The highest BCUT2D eigenvalue weighted by atomic mass is 15.8. The van der Waals surface area contributed by atoms with Crippen LogP contribution in [0, 0.1) is 0 Å². The maximum atomic E-state index is 4.17. The lowest BCUT2D eigenvalue weighted by Crippen LogP contribution is -2.35. The Bertz CT molecular complexity index is 589. The molecule has 5 heteroatoms. The van der Waals surface area contributed by atoms with Gasteiger partial charge in [-0.2, -0.15) is 0 Å². The highest BCUT2D eigenvalue weighted by Gasteiger charge is 2.17. The van der Waals surface area contributed by atoms with Crippen LogP contribution in [0.5, 0.6) is 0 Å². The summed E-state index contributed by atoms with van der Waals surface area (Å²) in [6.45, 7) is 0. The predicted octanol–water partition coefficient (Wildman–Crippen LogP) is 2.41. The van der Waals surface area contributed by atoms with Crippen molar-refractivity contribution in [1.82, 2.24) is 20.3 Å². The number of rotatable bonds is 3. The van der Waals surface area contributed by atoms with E-state index in [0.717, 1.165) is 24.2 Å². The van der Waals surface area contributed by atoms with Crippen LogP contribution < -0.4 is 5.01 Å². The van der Waals surface area contributed by atoms with Crippen molar-refractivity contribution in [2.24, 2.45) is 0 Å². The number of tetrazole rings is 1. The molecule has 0 spiro atoms. The second kappa shape index (κ2) is 5.97. The van der Waals surface area contributed by atoms with Gasteiger partial charge in [-0.05, 0) is 17.4 Å². The molecule has 0 unspecified atom stereocenters. The molecule has 0 atom stereocenters. The van der Waals surface area contributed by atoms with Gasteiger partial charge in [0.15, 0.2) is 6.33 Å². The van der Waals surface area contributed by atoms with Crippen LogP contribution in [0.1, 0.15) is 12.8 Å². The zero-order valence-corrected chi connectivity index (χ0v) is 11.0. The lowest BCUT2D eigenvalue weighted by Gasteiger charge is -2.26. The summed E-state index contributed by atoms with van der Waals surface area (Å²) in [5, 5.41) is 14.0. The lowest BCUT2D eigenvalue weighted by atomic mass is 10.2. The van der Waals surface area contributed by atoms with Gasteiger partial charge in [0.1, 0.15) is 0 Å². The van der Waals surface area contributed by atoms with Crippen LogP contribution in [0.4, 0.5) is 0 Å². The second-order valence-corrected chi connectivity index (χ2v) is 4.37. The summed E-state index contributed by atoms with van der Waals surface area (Å²) in [6, 6.07) is 0. The van der Waals surface area contributed by atoms with Crippen LogP contribution in [-0.2, 0) is 0 Å². The van der Waals surface area contributed by atoms with Gasteiger partial charge in [-0.1, -0.05) is 53.5 Å². The Morgan fingerprint density at radius 3 is 2.05 bits per heavy atom. The summed E-state index contributed by atoms with van der Waals surface area (Å²) in [6.07, 6.45) is 23.6. The number of nitrogens with zero attached hydrogens (tertiary/aromatic N) is 5. The maximum absolute atomic E-state index is 4.17. The summed E-state index contributed by atoms with van der Waals surface area (Å²) in [7, 11) is 0.